The molecule has 0 spiro atoms. The van der Waals surface area contributed by atoms with Gasteiger partial charge in [0.05, 0.1) is 22.8 Å². The summed E-state index contributed by atoms with van der Waals surface area (Å²) < 4.78 is 121. The Morgan fingerprint density at radius 1 is 0.902 bits per heavy atom. The highest BCUT2D eigenvalue weighted by Gasteiger charge is 2.42. The van der Waals surface area contributed by atoms with Gasteiger partial charge in [0.2, 0.25) is 5.82 Å². The highest BCUT2D eigenvalue weighted by atomic mass is 19.4. The van der Waals surface area contributed by atoms with E-state index < -0.39 is 53.3 Å². The summed E-state index contributed by atoms with van der Waals surface area (Å²) in [6.07, 6.45) is -13.9. The molecule has 6 nitrogen and oxygen atoms in total. The lowest BCUT2D eigenvalue weighted by Crippen LogP contribution is -2.30. The van der Waals surface area contributed by atoms with Crippen LogP contribution in [0, 0.1) is 0 Å². The number of aliphatic imine (C=N–C) groups is 1. The first-order valence-corrected chi connectivity index (χ1v) is 11.7. The van der Waals surface area contributed by atoms with Gasteiger partial charge >= 0.3 is 18.7 Å². The third kappa shape index (κ3) is 6.77. The number of anilines is 1. The first-order valence-electron chi connectivity index (χ1n) is 11.7. The van der Waals surface area contributed by atoms with Crippen molar-refractivity contribution in [1.29, 1.82) is 0 Å². The molecule has 1 aliphatic heterocycles. The molecule has 1 fully saturated rings. The Morgan fingerprint density at radius 2 is 1.56 bits per heavy atom. The molecule has 0 aliphatic carbocycles. The Balaban J connectivity index is 1.78. The minimum absolute atomic E-state index is 0.0143. The number of benzene rings is 2. The molecule has 3 aromatic rings. The molecule has 41 heavy (non-hydrogen) atoms. The highest BCUT2D eigenvalue weighted by molar-refractivity contribution is 6.46. The molecule has 1 aliphatic rings. The van der Waals surface area contributed by atoms with Crippen LogP contribution in [0.25, 0.3) is 0 Å². The Bertz CT molecular complexity index is 1460. The van der Waals surface area contributed by atoms with Crippen molar-refractivity contribution in [3.63, 3.8) is 0 Å². The van der Waals surface area contributed by atoms with Crippen LogP contribution in [0.5, 0.6) is 5.75 Å². The summed E-state index contributed by atoms with van der Waals surface area (Å²) in [5.41, 5.74) is -2.73. The number of amides is 1. The Morgan fingerprint density at radius 3 is 2.15 bits per heavy atom. The van der Waals surface area contributed by atoms with Crippen LogP contribution >= 0.6 is 0 Å². The van der Waals surface area contributed by atoms with E-state index in [2.05, 4.69) is 19.7 Å². The van der Waals surface area contributed by atoms with Crippen LogP contribution in [0.3, 0.4) is 0 Å². The van der Waals surface area contributed by atoms with Crippen LogP contribution in [0.2, 0.25) is 0 Å². The van der Waals surface area contributed by atoms with Gasteiger partial charge in [-0.05, 0) is 61.9 Å². The second-order valence-electron chi connectivity index (χ2n) is 9.44. The number of ether oxygens (including phenoxy) is 1. The second kappa shape index (κ2) is 10.3. The molecule has 1 atom stereocenters. The van der Waals surface area contributed by atoms with Crippen LogP contribution in [0.4, 0.5) is 45.2 Å². The van der Waals surface area contributed by atoms with Crippen LogP contribution in [0.1, 0.15) is 49.0 Å². The molecule has 2 aromatic carbocycles. The number of carbonyl (C=O) groups is 1. The number of aromatic nitrogens is 2. The predicted octanol–water partition coefficient (Wildman–Crippen LogP) is 7.27. The maximum atomic E-state index is 13.6. The van der Waals surface area contributed by atoms with Crippen molar-refractivity contribution < 1.29 is 49.0 Å². The minimum Gasteiger partial charge on any atom is -0.406 e. The number of hydrogen-bond donors (Lipinski definition) is 0. The summed E-state index contributed by atoms with van der Waals surface area (Å²) >= 11 is 0. The van der Waals surface area contributed by atoms with E-state index in [1.54, 1.807) is 0 Å². The smallest absolute Gasteiger partial charge is 0.406 e. The molecule has 2 heterocycles. The fourth-order valence-corrected chi connectivity index (χ4v) is 4.26. The van der Waals surface area contributed by atoms with E-state index in [1.807, 2.05) is 0 Å². The largest absolute Gasteiger partial charge is 0.573 e. The predicted molar refractivity (Wildman–Crippen MR) is 127 cm³/mol. The average Bonchev–Trinajstić information content (AvgIpc) is 3.17. The molecular formula is C26H19F9N4O2. The molecule has 1 aromatic heterocycles. The van der Waals surface area contributed by atoms with Crippen molar-refractivity contribution in [2.75, 3.05) is 4.90 Å². The van der Waals surface area contributed by atoms with E-state index in [9.17, 15) is 44.3 Å². The van der Waals surface area contributed by atoms with Crippen molar-refractivity contribution in [1.82, 2.24) is 9.97 Å². The zero-order chi connectivity index (χ0) is 30.4. The lowest BCUT2D eigenvalue weighted by molar-refractivity contribution is -0.274. The summed E-state index contributed by atoms with van der Waals surface area (Å²) in [5.74, 6) is -2.83. The zero-order valence-electron chi connectivity index (χ0n) is 21.1. The zero-order valence-corrected chi connectivity index (χ0v) is 21.1. The Labute approximate surface area is 226 Å². The van der Waals surface area contributed by atoms with Gasteiger partial charge in [-0.15, -0.1) is 13.2 Å². The number of alkyl halides is 9. The normalized spacial score (nSPS) is 17.8. The van der Waals surface area contributed by atoms with E-state index in [-0.39, 0.29) is 29.1 Å². The van der Waals surface area contributed by atoms with Crippen LogP contribution < -0.4 is 9.64 Å². The summed E-state index contributed by atoms with van der Waals surface area (Å²) in [5, 5.41) is 0. The molecule has 15 heteroatoms. The van der Waals surface area contributed by atoms with Gasteiger partial charge < -0.3 is 4.74 Å². The molecule has 0 bridgehead atoms. The molecule has 0 radical (unpaired) electrons. The Hall–Kier alpha value is -4.17. The van der Waals surface area contributed by atoms with Crippen LogP contribution in [0.15, 0.2) is 65.8 Å². The lowest BCUT2D eigenvalue weighted by atomic mass is 9.99. The van der Waals surface area contributed by atoms with Gasteiger partial charge in [0.1, 0.15) is 11.5 Å². The number of carbonyl (C=O) groups excluding carboxylic acids is 1. The molecule has 4 rings (SSSR count). The van der Waals surface area contributed by atoms with E-state index >= 15 is 0 Å². The fourth-order valence-electron chi connectivity index (χ4n) is 4.26. The number of hydrogen-bond acceptors (Lipinski definition) is 5. The van der Waals surface area contributed by atoms with E-state index in [0.29, 0.717) is 0 Å². The molecule has 0 saturated carbocycles. The van der Waals surface area contributed by atoms with E-state index in [4.69, 9.17) is 0 Å². The van der Waals surface area contributed by atoms with Gasteiger partial charge in [0.25, 0.3) is 5.91 Å². The number of nitrogens with zero attached hydrogens (tertiary/aromatic N) is 4. The third-order valence-electron chi connectivity index (χ3n) is 6.06. The van der Waals surface area contributed by atoms with Gasteiger partial charge in [0.15, 0.2) is 0 Å². The van der Waals surface area contributed by atoms with Crippen molar-refractivity contribution in [2.45, 2.75) is 50.6 Å². The summed E-state index contributed by atoms with van der Waals surface area (Å²) in [4.78, 5) is 25.7. The maximum absolute atomic E-state index is 13.6. The van der Waals surface area contributed by atoms with Gasteiger partial charge in [-0.3, -0.25) is 14.7 Å². The van der Waals surface area contributed by atoms with E-state index in [1.165, 1.54) is 32.0 Å². The number of halogens is 9. The quantitative estimate of drug-likeness (QED) is 0.293. The average molecular weight is 590 g/mol. The molecule has 1 saturated heterocycles. The van der Waals surface area contributed by atoms with Crippen LogP contribution in [-0.2, 0) is 22.7 Å². The van der Waals surface area contributed by atoms with Crippen molar-refractivity contribution >= 4 is 17.3 Å². The number of rotatable bonds is 5. The first kappa shape index (κ1) is 29.8. The monoisotopic (exact) mass is 590 g/mol. The lowest BCUT2D eigenvalue weighted by Gasteiger charge is -2.25. The SMILES string of the molecule is CC(C)(N=C1C[C@H](c2cccc(OC(F)(F)F)c2)N(c2ccc(C(F)(F)F)cc2)C1=O)c1ccnc(C(F)(F)F)n1. The third-order valence-corrected chi connectivity index (χ3v) is 6.06. The van der Waals surface area contributed by atoms with Crippen molar-refractivity contribution in [3.8, 4) is 5.75 Å². The second-order valence-corrected chi connectivity index (χ2v) is 9.44. The van der Waals surface area contributed by atoms with Gasteiger partial charge in [-0.1, -0.05) is 12.1 Å². The van der Waals surface area contributed by atoms with Crippen molar-refractivity contribution in [2.24, 2.45) is 4.99 Å². The molecule has 0 N–H and O–H groups in total. The molecule has 218 valence electrons. The first-order chi connectivity index (χ1) is 18.8. The van der Waals surface area contributed by atoms with Gasteiger partial charge in [0, 0.05) is 18.3 Å². The van der Waals surface area contributed by atoms with Crippen LogP contribution in [-0.4, -0.2) is 27.9 Å². The van der Waals surface area contributed by atoms with Crippen molar-refractivity contribution in [3.05, 3.63) is 83.4 Å². The Kier molecular flexibility index (Phi) is 7.52. The summed E-state index contributed by atoms with van der Waals surface area (Å²) in [6, 6.07) is 8.36. The van der Waals surface area contributed by atoms with Gasteiger partial charge in [-0.25, -0.2) is 9.97 Å². The standard InChI is InChI=1S/C26H19F9N4O2/c1-23(2,20-10-11-36-22(37-20)25(30,31)32)38-18-13-19(14-4-3-5-17(12-14)41-26(33,34)35)39(21(18)40)16-8-6-15(7-9-16)24(27,28)29/h3-12,19H,13H2,1-2H3/t19-/m1/s1. The highest BCUT2D eigenvalue weighted by Crippen LogP contribution is 2.40. The topological polar surface area (TPSA) is 67.7 Å². The molecular weight excluding hydrogens is 571 g/mol. The minimum atomic E-state index is -5.01. The summed E-state index contributed by atoms with van der Waals surface area (Å²) in [6.45, 7) is 2.78. The summed E-state index contributed by atoms with van der Waals surface area (Å²) in [7, 11) is 0. The molecule has 0 unspecified atom stereocenters. The molecule has 1 amide bonds. The maximum Gasteiger partial charge on any atom is 0.573 e. The van der Waals surface area contributed by atoms with Gasteiger partial charge in [-0.2, -0.15) is 26.3 Å². The van der Waals surface area contributed by atoms with E-state index in [0.717, 1.165) is 47.5 Å². The fraction of sp³-hybridized carbons (Fsp3) is 0.308.